The molecule has 1 aromatic heterocycles. The van der Waals surface area contributed by atoms with Crippen molar-refractivity contribution in [3.8, 4) is 23.0 Å². The molecule has 0 atom stereocenters. The lowest BCUT2D eigenvalue weighted by atomic mass is 10.1. The summed E-state index contributed by atoms with van der Waals surface area (Å²) in [5, 5.41) is 35.9. The summed E-state index contributed by atoms with van der Waals surface area (Å²) in [5.74, 6) is -1.90. The van der Waals surface area contributed by atoms with Crippen molar-refractivity contribution in [2.24, 2.45) is 0 Å². The Labute approximate surface area is 314 Å². The summed E-state index contributed by atoms with van der Waals surface area (Å²) >= 11 is 6.55. The first kappa shape index (κ1) is 41.1. The monoisotopic (exact) mass is 773 g/mol. The van der Waals surface area contributed by atoms with E-state index in [2.05, 4.69) is 32.1 Å². The fourth-order valence-electron chi connectivity index (χ4n) is 5.21. The Bertz CT molecular complexity index is 1780. The number of nitrogens with zero attached hydrogens (tertiary/aromatic N) is 4. The van der Waals surface area contributed by atoms with E-state index in [1.165, 1.54) is 6.33 Å². The molecule has 4 heterocycles. The van der Waals surface area contributed by atoms with Gasteiger partial charge < -0.3 is 54.3 Å². The Hall–Kier alpha value is -5.69. The molecular formula is C35H40ClN5O13. The lowest BCUT2D eigenvalue weighted by molar-refractivity contribution is -0.134. The van der Waals surface area contributed by atoms with Crippen molar-refractivity contribution in [3.05, 3.63) is 59.9 Å². The van der Waals surface area contributed by atoms with Gasteiger partial charge in [0.15, 0.2) is 11.5 Å². The van der Waals surface area contributed by atoms with E-state index in [4.69, 9.17) is 55.7 Å². The number of carbonyl (C=O) groups is 4. The van der Waals surface area contributed by atoms with Crippen molar-refractivity contribution in [3.63, 3.8) is 0 Å². The molecule has 54 heavy (non-hydrogen) atoms. The minimum absolute atomic E-state index is 0.0295. The van der Waals surface area contributed by atoms with Crippen LogP contribution in [0.25, 0.3) is 10.9 Å². The van der Waals surface area contributed by atoms with E-state index in [1.54, 1.807) is 12.1 Å². The van der Waals surface area contributed by atoms with Crippen molar-refractivity contribution in [1.29, 1.82) is 0 Å². The maximum Gasteiger partial charge on any atom is 0.328 e. The smallest absolute Gasteiger partial charge is 0.328 e. The zero-order chi connectivity index (χ0) is 39.0. The van der Waals surface area contributed by atoms with Gasteiger partial charge in [-0.3, -0.25) is 4.90 Å². The Kier molecular flexibility index (Phi) is 15.6. The van der Waals surface area contributed by atoms with Crippen LogP contribution in [0.3, 0.4) is 0 Å². The van der Waals surface area contributed by atoms with Crippen molar-refractivity contribution >= 4 is 57.9 Å². The van der Waals surface area contributed by atoms with Crippen LogP contribution in [0.1, 0.15) is 12.8 Å². The number of aromatic nitrogens is 2. The predicted molar refractivity (Wildman–Crippen MR) is 193 cm³/mol. The second kappa shape index (κ2) is 20.5. The number of nitrogens with one attached hydrogen (secondary N) is 1. The highest BCUT2D eigenvalue weighted by atomic mass is 35.5. The number of fused-ring (bicyclic) bond motifs is 2. The highest BCUT2D eigenvalue weighted by Crippen LogP contribution is 2.46. The highest BCUT2D eigenvalue weighted by molar-refractivity contribution is 6.34. The summed E-state index contributed by atoms with van der Waals surface area (Å²) in [6, 6.07) is 7.43. The fraction of sp³-hybridized carbons (Fsp3) is 0.371. The number of anilines is 2. The van der Waals surface area contributed by atoms with E-state index < -0.39 is 23.9 Å². The van der Waals surface area contributed by atoms with Crippen LogP contribution in [-0.4, -0.2) is 137 Å². The first-order chi connectivity index (χ1) is 25.9. The summed E-state index contributed by atoms with van der Waals surface area (Å²) in [6.07, 6.45) is 5.41. The standard InChI is InChI=1S/C27H32ClN5O5.2C4H4O4/c1-32-6-8-33(9-7-32)10-13-35-19-14-21-24(23(15-19)38-18-4-11-34-12-5-18)27(30-16-29-21)31-25-20(28)2-3-22-26(25)37-17-36-22;2*5-3(6)1-2-4(7)8/h2-3,14-16,18H,4-13,17H2,1H3,(H,29,30,31);2*1-2H,(H,5,6)(H,7,8)/b;2*2-1+. The Morgan fingerprint density at radius 3 is 2.15 bits per heavy atom. The van der Waals surface area contributed by atoms with Gasteiger partial charge in [-0.15, -0.1) is 0 Å². The summed E-state index contributed by atoms with van der Waals surface area (Å²) in [7, 11) is 2.16. The number of benzene rings is 2. The maximum absolute atomic E-state index is 9.55. The molecule has 6 rings (SSSR count). The van der Waals surface area contributed by atoms with Crippen LogP contribution in [0.15, 0.2) is 54.9 Å². The number of hydrogen-bond donors (Lipinski definition) is 5. The van der Waals surface area contributed by atoms with Crippen molar-refractivity contribution in [2.45, 2.75) is 18.9 Å². The topological polar surface area (TPSA) is 240 Å². The minimum atomic E-state index is -1.26. The molecule has 0 unspecified atom stereocenters. The molecule has 0 bridgehead atoms. The number of ether oxygens (including phenoxy) is 5. The first-order valence-electron chi connectivity index (χ1n) is 16.6. The highest BCUT2D eigenvalue weighted by Gasteiger charge is 2.24. The molecule has 18 nitrogen and oxygen atoms in total. The summed E-state index contributed by atoms with van der Waals surface area (Å²) in [6.45, 7) is 7.22. The van der Waals surface area contributed by atoms with E-state index in [-0.39, 0.29) is 12.9 Å². The molecule has 3 aliphatic heterocycles. The van der Waals surface area contributed by atoms with Crippen molar-refractivity contribution < 1.29 is 63.3 Å². The van der Waals surface area contributed by atoms with Crippen LogP contribution in [0.2, 0.25) is 5.02 Å². The van der Waals surface area contributed by atoms with Gasteiger partial charge >= 0.3 is 23.9 Å². The van der Waals surface area contributed by atoms with Gasteiger partial charge in [-0.2, -0.15) is 0 Å². The number of carboxylic acid groups (broad SMARTS) is 4. The molecule has 290 valence electrons. The van der Waals surface area contributed by atoms with E-state index in [0.717, 1.165) is 51.0 Å². The molecule has 2 saturated heterocycles. The van der Waals surface area contributed by atoms with Crippen LogP contribution in [-0.2, 0) is 23.9 Å². The lowest BCUT2D eigenvalue weighted by Crippen LogP contribution is -2.45. The molecule has 0 saturated carbocycles. The average molecular weight is 774 g/mol. The molecule has 5 N–H and O–H groups in total. The van der Waals surface area contributed by atoms with Gasteiger partial charge in [-0.1, -0.05) is 11.6 Å². The molecule has 0 spiro atoms. The van der Waals surface area contributed by atoms with Gasteiger partial charge in [0.05, 0.1) is 29.1 Å². The van der Waals surface area contributed by atoms with Gasteiger partial charge in [-0.05, 0) is 19.2 Å². The first-order valence-corrected chi connectivity index (χ1v) is 17.0. The molecule has 3 aromatic rings. The van der Waals surface area contributed by atoms with E-state index >= 15 is 0 Å². The van der Waals surface area contributed by atoms with Gasteiger partial charge in [-0.25, -0.2) is 29.1 Å². The summed E-state index contributed by atoms with van der Waals surface area (Å²) in [4.78, 5) is 52.1. The molecule has 3 aliphatic rings. The molecular weight excluding hydrogens is 734 g/mol. The summed E-state index contributed by atoms with van der Waals surface area (Å²) < 4.78 is 29.5. The van der Waals surface area contributed by atoms with Gasteiger partial charge in [0.25, 0.3) is 0 Å². The Morgan fingerprint density at radius 1 is 0.907 bits per heavy atom. The SMILES string of the molecule is CN1CCN(CCOc2cc(OC3CCOCC3)c3c(Nc4c(Cl)ccc5c4OCO5)ncnc3c2)CC1.O=C(O)/C=C/C(=O)O.O=C(O)/C=C/C(=O)O. The third-order valence-corrected chi connectivity index (χ3v) is 8.19. The number of hydrogen-bond acceptors (Lipinski definition) is 14. The van der Waals surface area contributed by atoms with Gasteiger partial charge in [0.2, 0.25) is 6.79 Å². The second-order valence-corrected chi connectivity index (χ2v) is 12.2. The largest absolute Gasteiger partial charge is 0.492 e. The normalized spacial score (nSPS) is 15.9. The average Bonchev–Trinajstić information content (AvgIpc) is 3.62. The molecule has 0 radical (unpaired) electrons. The number of piperazine rings is 1. The van der Waals surface area contributed by atoms with E-state index in [0.29, 0.717) is 89.2 Å². The fourth-order valence-corrected chi connectivity index (χ4v) is 5.40. The third kappa shape index (κ3) is 13.1. The van der Waals surface area contributed by atoms with Crippen LogP contribution < -0.4 is 24.3 Å². The maximum atomic E-state index is 9.55. The lowest BCUT2D eigenvalue weighted by Gasteiger charge is -2.32. The van der Waals surface area contributed by atoms with Gasteiger partial charge in [0, 0.05) is 82.0 Å². The van der Waals surface area contributed by atoms with E-state index in [1.807, 2.05) is 12.1 Å². The number of carboxylic acids is 4. The molecule has 2 fully saturated rings. The van der Waals surface area contributed by atoms with Crippen molar-refractivity contribution in [1.82, 2.24) is 19.8 Å². The second-order valence-electron chi connectivity index (χ2n) is 11.8. The minimum Gasteiger partial charge on any atom is -0.492 e. The third-order valence-electron chi connectivity index (χ3n) is 7.88. The Morgan fingerprint density at radius 2 is 1.54 bits per heavy atom. The Balaban J connectivity index is 0.000000341. The predicted octanol–water partition coefficient (Wildman–Crippen LogP) is 3.36. The molecule has 0 aliphatic carbocycles. The van der Waals surface area contributed by atoms with Crippen molar-refractivity contribution in [2.75, 3.05) is 71.7 Å². The number of aliphatic carboxylic acids is 4. The number of likely N-dealkylation sites (N-methyl/N-ethyl adjacent to an activating group) is 1. The number of halogens is 1. The zero-order valence-electron chi connectivity index (χ0n) is 29.2. The van der Waals surface area contributed by atoms with Crippen LogP contribution >= 0.6 is 11.6 Å². The van der Waals surface area contributed by atoms with Crippen LogP contribution in [0.5, 0.6) is 23.0 Å². The zero-order valence-corrected chi connectivity index (χ0v) is 29.9. The number of rotatable bonds is 12. The molecule has 2 aromatic carbocycles. The molecule has 19 heteroatoms. The van der Waals surface area contributed by atoms with Crippen LogP contribution in [0.4, 0.5) is 11.5 Å². The summed E-state index contributed by atoms with van der Waals surface area (Å²) in [5.41, 5.74) is 1.30. The molecule has 0 amide bonds. The van der Waals surface area contributed by atoms with E-state index in [9.17, 15) is 19.2 Å². The van der Waals surface area contributed by atoms with Gasteiger partial charge in [0.1, 0.15) is 42.0 Å². The quantitative estimate of drug-likeness (QED) is 0.166. The van der Waals surface area contributed by atoms with Crippen LogP contribution in [0, 0.1) is 0 Å².